The lowest BCUT2D eigenvalue weighted by molar-refractivity contribution is 0.0177. The first-order valence-corrected chi connectivity index (χ1v) is 12.7. The van der Waals surface area contributed by atoms with Gasteiger partial charge in [0.1, 0.15) is 0 Å². The number of aliphatic hydroxyl groups is 1. The van der Waals surface area contributed by atoms with Crippen molar-refractivity contribution in [2.45, 2.75) is 72.4 Å². The van der Waals surface area contributed by atoms with E-state index in [0.29, 0.717) is 12.5 Å². The van der Waals surface area contributed by atoms with Crippen LogP contribution in [0.15, 0.2) is 60.7 Å². The molecule has 0 saturated carbocycles. The number of benzene rings is 2. The molecule has 1 aliphatic heterocycles. The van der Waals surface area contributed by atoms with Crippen LogP contribution in [0.1, 0.15) is 59.4 Å². The molecule has 1 saturated heterocycles. The van der Waals surface area contributed by atoms with Crippen molar-refractivity contribution in [3.63, 3.8) is 0 Å². The van der Waals surface area contributed by atoms with E-state index < -0.39 is 0 Å². The Hall–Kier alpha value is -2.37. The molecule has 33 heavy (non-hydrogen) atoms. The fourth-order valence-corrected chi connectivity index (χ4v) is 4.22. The number of nitrogens with zero attached hydrogens (tertiary/aromatic N) is 1. The monoisotopic (exact) mass is 455 g/mol. The number of rotatable bonds is 8. The predicted octanol–water partition coefficient (Wildman–Crippen LogP) is 5.95. The molecule has 5 nitrogen and oxygen atoms in total. The number of carbonyl (C=O) groups excluding carboxylic acids is 1. The first kappa shape index (κ1) is 28.7. The molecule has 184 valence electrons. The van der Waals surface area contributed by atoms with E-state index in [-0.39, 0.29) is 18.2 Å². The zero-order chi connectivity index (χ0) is 24.5. The van der Waals surface area contributed by atoms with E-state index in [2.05, 4.69) is 45.9 Å². The first-order chi connectivity index (χ1) is 16.1. The Bertz CT molecular complexity index is 737. The second kappa shape index (κ2) is 17.2. The zero-order valence-electron chi connectivity index (χ0n) is 21.3. The molecule has 0 spiro atoms. The van der Waals surface area contributed by atoms with Crippen LogP contribution in [0.4, 0.5) is 10.5 Å². The van der Waals surface area contributed by atoms with Crippen molar-refractivity contribution in [1.82, 2.24) is 10.2 Å². The van der Waals surface area contributed by atoms with Gasteiger partial charge in [-0.25, -0.2) is 4.79 Å². The maximum atomic E-state index is 12.0. The lowest BCUT2D eigenvalue weighted by Gasteiger charge is -2.41. The number of piperidine rings is 1. The SMILES string of the molecule is CC.CC.CC(O)[C@H]1C[C@@H](Cc2ccccc2)CCN1CCCNC(=O)Nc1ccccc1. The van der Waals surface area contributed by atoms with E-state index in [1.54, 1.807) is 0 Å². The summed E-state index contributed by atoms with van der Waals surface area (Å²) in [5.41, 5.74) is 2.17. The Balaban J connectivity index is 0.00000129. The number of amides is 2. The molecule has 1 aliphatic rings. The molecule has 3 N–H and O–H groups in total. The van der Waals surface area contributed by atoms with Gasteiger partial charge in [0.25, 0.3) is 0 Å². The van der Waals surface area contributed by atoms with E-state index >= 15 is 0 Å². The highest BCUT2D eigenvalue weighted by Crippen LogP contribution is 2.28. The Labute approximate surface area is 201 Å². The van der Waals surface area contributed by atoms with E-state index in [1.165, 1.54) is 5.56 Å². The van der Waals surface area contributed by atoms with Crippen molar-refractivity contribution in [3.05, 3.63) is 66.2 Å². The number of hydrogen-bond donors (Lipinski definition) is 3. The van der Waals surface area contributed by atoms with Gasteiger partial charge in [-0.1, -0.05) is 76.2 Å². The van der Waals surface area contributed by atoms with E-state index in [4.69, 9.17) is 0 Å². The molecule has 1 heterocycles. The first-order valence-electron chi connectivity index (χ1n) is 12.7. The Morgan fingerprint density at radius 1 is 1.03 bits per heavy atom. The molecule has 2 aromatic rings. The van der Waals surface area contributed by atoms with Gasteiger partial charge in [0.2, 0.25) is 0 Å². The lowest BCUT2D eigenvalue weighted by Crippen LogP contribution is -2.49. The molecule has 0 aromatic heterocycles. The lowest BCUT2D eigenvalue weighted by atomic mass is 9.84. The summed E-state index contributed by atoms with van der Waals surface area (Å²) in [6, 6.07) is 20.1. The highest BCUT2D eigenvalue weighted by Gasteiger charge is 2.31. The van der Waals surface area contributed by atoms with Crippen molar-refractivity contribution < 1.29 is 9.90 Å². The van der Waals surface area contributed by atoms with Gasteiger partial charge in [-0.05, 0) is 62.8 Å². The second-order valence-corrected chi connectivity index (χ2v) is 8.02. The largest absolute Gasteiger partial charge is 0.392 e. The molecule has 3 atom stereocenters. The second-order valence-electron chi connectivity index (χ2n) is 8.02. The minimum atomic E-state index is -0.345. The Kier molecular flexibility index (Phi) is 14.9. The Morgan fingerprint density at radius 3 is 2.24 bits per heavy atom. The number of nitrogens with one attached hydrogen (secondary N) is 2. The topological polar surface area (TPSA) is 64.6 Å². The molecule has 2 amide bonds. The number of urea groups is 1. The van der Waals surface area contributed by atoms with Gasteiger partial charge in [-0.2, -0.15) is 0 Å². The summed E-state index contributed by atoms with van der Waals surface area (Å²) in [4.78, 5) is 14.4. The van der Waals surface area contributed by atoms with E-state index in [1.807, 2.05) is 65.0 Å². The standard InChI is InChI=1S/C24H33N3O2.2C2H6/c1-19(28)23-18-21(17-20-9-4-2-5-10-20)13-16-27(23)15-8-14-25-24(29)26-22-11-6-3-7-12-22;2*1-2/h2-7,9-12,19,21,23,28H,8,13-18H2,1H3,(H2,25,26,29);2*1-2H3/t19?,21-,23-;;/m1../s1. The molecule has 1 unspecified atom stereocenters. The zero-order valence-corrected chi connectivity index (χ0v) is 21.3. The van der Waals surface area contributed by atoms with Crippen LogP contribution in [0, 0.1) is 5.92 Å². The molecule has 3 rings (SSSR count). The molecular weight excluding hydrogens is 410 g/mol. The number of para-hydroxylation sites is 1. The summed E-state index contributed by atoms with van der Waals surface area (Å²) in [5, 5.41) is 16.1. The summed E-state index contributed by atoms with van der Waals surface area (Å²) >= 11 is 0. The summed E-state index contributed by atoms with van der Waals surface area (Å²) in [6.07, 6.45) is 3.78. The van der Waals surface area contributed by atoms with Crippen LogP contribution in [0.25, 0.3) is 0 Å². The van der Waals surface area contributed by atoms with Gasteiger partial charge >= 0.3 is 6.03 Å². The van der Waals surface area contributed by atoms with Gasteiger partial charge in [-0.3, -0.25) is 4.90 Å². The fraction of sp³-hybridized carbons (Fsp3) is 0.536. The van der Waals surface area contributed by atoms with Crippen molar-refractivity contribution in [2.75, 3.05) is 25.0 Å². The van der Waals surface area contributed by atoms with E-state index in [9.17, 15) is 9.90 Å². The van der Waals surface area contributed by atoms with Crippen LogP contribution in [0.5, 0.6) is 0 Å². The quantitative estimate of drug-likeness (QED) is 0.431. The molecule has 2 aromatic carbocycles. The van der Waals surface area contributed by atoms with Gasteiger partial charge in [0, 0.05) is 24.8 Å². The average molecular weight is 456 g/mol. The number of carbonyl (C=O) groups is 1. The number of anilines is 1. The summed E-state index contributed by atoms with van der Waals surface area (Å²) in [5.74, 6) is 0.614. The highest BCUT2D eigenvalue weighted by molar-refractivity contribution is 5.89. The normalized spacial score (nSPS) is 18.6. The molecule has 1 fully saturated rings. The third-order valence-corrected chi connectivity index (χ3v) is 5.73. The van der Waals surface area contributed by atoms with Crippen molar-refractivity contribution in [3.8, 4) is 0 Å². The van der Waals surface area contributed by atoms with Crippen molar-refractivity contribution in [2.24, 2.45) is 5.92 Å². The van der Waals surface area contributed by atoms with Crippen molar-refractivity contribution >= 4 is 11.7 Å². The summed E-state index contributed by atoms with van der Waals surface area (Å²) in [6.45, 7) is 12.4. The van der Waals surface area contributed by atoms with Crippen LogP contribution in [0.2, 0.25) is 0 Å². The third-order valence-electron chi connectivity index (χ3n) is 5.73. The number of aliphatic hydroxyl groups excluding tert-OH is 1. The van der Waals surface area contributed by atoms with Crippen molar-refractivity contribution in [1.29, 1.82) is 0 Å². The van der Waals surface area contributed by atoms with Crippen LogP contribution in [-0.2, 0) is 6.42 Å². The fourth-order valence-electron chi connectivity index (χ4n) is 4.22. The molecule has 0 aliphatic carbocycles. The molecule has 0 radical (unpaired) electrons. The Morgan fingerprint density at radius 2 is 1.64 bits per heavy atom. The van der Waals surface area contributed by atoms with Crippen LogP contribution >= 0.6 is 0 Å². The van der Waals surface area contributed by atoms with Gasteiger partial charge in [-0.15, -0.1) is 0 Å². The van der Waals surface area contributed by atoms with Crippen LogP contribution in [-0.4, -0.2) is 47.8 Å². The number of hydrogen-bond acceptors (Lipinski definition) is 3. The summed E-state index contributed by atoms with van der Waals surface area (Å²) < 4.78 is 0. The minimum Gasteiger partial charge on any atom is -0.392 e. The highest BCUT2D eigenvalue weighted by atomic mass is 16.3. The third kappa shape index (κ3) is 10.9. The predicted molar refractivity (Wildman–Crippen MR) is 141 cm³/mol. The van der Waals surface area contributed by atoms with Crippen LogP contribution < -0.4 is 10.6 Å². The van der Waals surface area contributed by atoms with Gasteiger partial charge in [0.15, 0.2) is 0 Å². The van der Waals surface area contributed by atoms with Gasteiger partial charge in [0.05, 0.1) is 6.10 Å². The molecule has 5 heteroatoms. The maximum Gasteiger partial charge on any atom is 0.319 e. The minimum absolute atomic E-state index is 0.176. The molecule has 0 bridgehead atoms. The van der Waals surface area contributed by atoms with Crippen LogP contribution in [0.3, 0.4) is 0 Å². The van der Waals surface area contributed by atoms with E-state index in [0.717, 1.165) is 44.5 Å². The molecular formula is C28H45N3O2. The van der Waals surface area contributed by atoms with Gasteiger partial charge < -0.3 is 15.7 Å². The summed E-state index contributed by atoms with van der Waals surface area (Å²) in [7, 11) is 0. The maximum absolute atomic E-state index is 12.0. The smallest absolute Gasteiger partial charge is 0.319 e. The number of likely N-dealkylation sites (tertiary alicyclic amines) is 1. The average Bonchev–Trinajstić information content (AvgIpc) is 2.86.